The summed E-state index contributed by atoms with van der Waals surface area (Å²) in [5.41, 5.74) is 0.949. The first-order chi connectivity index (χ1) is 11.7. The number of amides is 1. The molecule has 0 aliphatic heterocycles. The first-order valence-corrected chi connectivity index (χ1v) is 9.10. The molecule has 124 valence electrons. The number of fused-ring (bicyclic) bond motifs is 1. The third-order valence-corrected chi connectivity index (χ3v) is 5.15. The molecule has 1 N–H and O–H groups in total. The minimum atomic E-state index is -0.000933. The van der Waals surface area contributed by atoms with Gasteiger partial charge < -0.3 is 5.32 Å². The molecule has 1 aromatic carbocycles. The summed E-state index contributed by atoms with van der Waals surface area (Å²) in [7, 11) is 0. The number of nitrogens with zero attached hydrogens (tertiary/aromatic N) is 4. The molecule has 2 heterocycles. The molecule has 0 saturated heterocycles. The number of carbonyl (C=O) groups excluding carboxylic acids is 1. The maximum atomic E-state index is 12.0. The molecule has 1 aliphatic carbocycles. The highest BCUT2D eigenvalue weighted by molar-refractivity contribution is 7.16. The first kappa shape index (κ1) is 15.5. The molecule has 1 aliphatic rings. The quantitative estimate of drug-likeness (QED) is 0.732. The standard InChI is InChI=1S/C16H16ClN5OS/c17-12-5-1-10(2-6-12)9-13(23)18-8-7-14-21-22-15(11-3-4-11)19-20-16(22)24-14/h1-2,5-6,11H,3-4,7-9H2,(H,18,23). The summed E-state index contributed by atoms with van der Waals surface area (Å²) in [5, 5.41) is 17.5. The van der Waals surface area contributed by atoms with E-state index < -0.39 is 0 Å². The summed E-state index contributed by atoms with van der Waals surface area (Å²) < 4.78 is 1.85. The van der Waals surface area contributed by atoms with Gasteiger partial charge in [0, 0.05) is 23.9 Å². The van der Waals surface area contributed by atoms with Crippen LogP contribution in [0.25, 0.3) is 4.96 Å². The third kappa shape index (κ3) is 3.42. The maximum Gasteiger partial charge on any atom is 0.234 e. The van der Waals surface area contributed by atoms with E-state index >= 15 is 0 Å². The Kier molecular flexibility index (Phi) is 4.20. The van der Waals surface area contributed by atoms with Crippen LogP contribution < -0.4 is 5.32 Å². The molecule has 1 amide bonds. The van der Waals surface area contributed by atoms with Gasteiger partial charge in [0.25, 0.3) is 0 Å². The summed E-state index contributed by atoms with van der Waals surface area (Å²) >= 11 is 7.37. The van der Waals surface area contributed by atoms with Crippen LogP contribution in [0, 0.1) is 0 Å². The van der Waals surface area contributed by atoms with Crippen molar-refractivity contribution in [2.75, 3.05) is 6.54 Å². The van der Waals surface area contributed by atoms with Crippen LogP contribution in [0.15, 0.2) is 24.3 Å². The van der Waals surface area contributed by atoms with Crippen molar-refractivity contribution in [3.63, 3.8) is 0 Å². The minimum absolute atomic E-state index is 0.000933. The maximum absolute atomic E-state index is 12.0. The van der Waals surface area contributed by atoms with Crippen LogP contribution in [0.1, 0.15) is 35.2 Å². The number of carbonyl (C=O) groups is 1. The summed E-state index contributed by atoms with van der Waals surface area (Å²) in [4.78, 5) is 12.8. The average molecular weight is 362 g/mol. The molecule has 3 aromatic rings. The van der Waals surface area contributed by atoms with Crippen molar-refractivity contribution >= 4 is 33.8 Å². The monoisotopic (exact) mass is 361 g/mol. The lowest BCUT2D eigenvalue weighted by molar-refractivity contribution is -0.120. The van der Waals surface area contributed by atoms with E-state index in [0.29, 0.717) is 30.3 Å². The Bertz CT molecular complexity index is 868. The molecule has 6 nitrogen and oxygen atoms in total. The van der Waals surface area contributed by atoms with Crippen LogP contribution in [-0.4, -0.2) is 32.3 Å². The Balaban J connectivity index is 1.30. The highest BCUT2D eigenvalue weighted by Gasteiger charge is 2.29. The second kappa shape index (κ2) is 6.49. The van der Waals surface area contributed by atoms with E-state index in [4.69, 9.17) is 11.6 Å². The Morgan fingerprint density at radius 2 is 2.08 bits per heavy atom. The lowest BCUT2D eigenvalue weighted by atomic mass is 10.1. The predicted molar refractivity (Wildman–Crippen MR) is 92.5 cm³/mol. The Morgan fingerprint density at radius 1 is 1.29 bits per heavy atom. The number of aromatic nitrogens is 4. The fourth-order valence-corrected chi connectivity index (χ4v) is 3.49. The van der Waals surface area contributed by atoms with Crippen LogP contribution in [0.5, 0.6) is 0 Å². The number of halogens is 1. The van der Waals surface area contributed by atoms with Crippen molar-refractivity contribution in [3.05, 3.63) is 45.7 Å². The summed E-state index contributed by atoms with van der Waals surface area (Å²) in [6.07, 6.45) is 3.40. The number of hydrogen-bond donors (Lipinski definition) is 1. The van der Waals surface area contributed by atoms with Gasteiger partial charge >= 0.3 is 0 Å². The lowest BCUT2D eigenvalue weighted by Crippen LogP contribution is -2.27. The summed E-state index contributed by atoms with van der Waals surface area (Å²) in [5.74, 6) is 1.49. The highest BCUT2D eigenvalue weighted by Crippen LogP contribution is 2.39. The van der Waals surface area contributed by atoms with Crippen LogP contribution in [0.4, 0.5) is 0 Å². The second-order valence-electron chi connectivity index (χ2n) is 5.93. The van der Waals surface area contributed by atoms with E-state index in [9.17, 15) is 4.79 Å². The molecule has 8 heteroatoms. The zero-order chi connectivity index (χ0) is 16.5. The number of nitrogens with one attached hydrogen (secondary N) is 1. The van der Waals surface area contributed by atoms with E-state index in [1.807, 2.05) is 16.6 Å². The van der Waals surface area contributed by atoms with Crippen molar-refractivity contribution in [3.8, 4) is 0 Å². The molecule has 4 rings (SSSR count). The second-order valence-corrected chi connectivity index (χ2v) is 7.40. The molecule has 0 atom stereocenters. The predicted octanol–water partition coefficient (Wildman–Crippen LogP) is 2.62. The fraction of sp³-hybridized carbons (Fsp3) is 0.375. The van der Waals surface area contributed by atoms with Gasteiger partial charge in [-0.05, 0) is 30.5 Å². The van der Waals surface area contributed by atoms with Crippen LogP contribution in [-0.2, 0) is 17.6 Å². The first-order valence-electron chi connectivity index (χ1n) is 7.91. The van der Waals surface area contributed by atoms with Crippen LogP contribution in [0.3, 0.4) is 0 Å². The molecular weight excluding hydrogens is 346 g/mol. The largest absolute Gasteiger partial charge is 0.355 e. The molecule has 0 spiro atoms. The molecule has 24 heavy (non-hydrogen) atoms. The van der Waals surface area contributed by atoms with Gasteiger partial charge in [0.2, 0.25) is 10.9 Å². The van der Waals surface area contributed by atoms with Crippen molar-refractivity contribution < 1.29 is 4.79 Å². The van der Waals surface area contributed by atoms with Gasteiger partial charge in [0.05, 0.1) is 6.42 Å². The van der Waals surface area contributed by atoms with Crippen molar-refractivity contribution in [2.24, 2.45) is 0 Å². The zero-order valence-corrected chi connectivity index (χ0v) is 14.5. The van der Waals surface area contributed by atoms with Crippen molar-refractivity contribution in [2.45, 2.75) is 31.6 Å². The van der Waals surface area contributed by atoms with Gasteiger partial charge in [-0.15, -0.1) is 10.2 Å². The van der Waals surface area contributed by atoms with Gasteiger partial charge in [0.1, 0.15) is 5.01 Å². The van der Waals surface area contributed by atoms with Crippen molar-refractivity contribution in [1.29, 1.82) is 0 Å². The summed E-state index contributed by atoms with van der Waals surface area (Å²) in [6, 6.07) is 7.32. The van der Waals surface area contributed by atoms with Gasteiger partial charge in [-0.2, -0.15) is 9.61 Å². The SMILES string of the molecule is O=C(Cc1ccc(Cl)cc1)NCCc1nn2c(C3CC3)nnc2s1. The van der Waals surface area contributed by atoms with E-state index in [-0.39, 0.29) is 5.91 Å². The number of hydrogen-bond acceptors (Lipinski definition) is 5. The number of rotatable bonds is 6. The minimum Gasteiger partial charge on any atom is -0.355 e. The number of benzene rings is 1. The summed E-state index contributed by atoms with van der Waals surface area (Å²) in [6.45, 7) is 0.565. The third-order valence-electron chi connectivity index (χ3n) is 3.94. The van der Waals surface area contributed by atoms with Gasteiger partial charge in [-0.25, -0.2) is 0 Å². The normalized spacial score (nSPS) is 14.2. The molecule has 0 unspecified atom stereocenters. The zero-order valence-electron chi connectivity index (χ0n) is 12.9. The van der Waals surface area contributed by atoms with E-state index in [1.54, 1.807) is 12.1 Å². The van der Waals surface area contributed by atoms with Gasteiger partial charge in [0.15, 0.2) is 5.82 Å². The van der Waals surface area contributed by atoms with Crippen LogP contribution in [0.2, 0.25) is 5.02 Å². The molecule has 1 saturated carbocycles. The Morgan fingerprint density at radius 3 is 2.83 bits per heavy atom. The molecule has 0 radical (unpaired) electrons. The van der Waals surface area contributed by atoms with E-state index in [0.717, 1.165) is 21.4 Å². The molecule has 1 fully saturated rings. The van der Waals surface area contributed by atoms with Crippen LogP contribution >= 0.6 is 22.9 Å². The van der Waals surface area contributed by atoms with Crippen molar-refractivity contribution in [1.82, 2.24) is 25.1 Å². The van der Waals surface area contributed by atoms with E-state index in [2.05, 4.69) is 20.6 Å². The molecular formula is C16H16ClN5OS. The van der Waals surface area contributed by atoms with Gasteiger partial charge in [-0.1, -0.05) is 35.1 Å². The molecule has 0 bridgehead atoms. The van der Waals surface area contributed by atoms with Gasteiger partial charge in [-0.3, -0.25) is 4.79 Å². The fourth-order valence-electron chi connectivity index (χ4n) is 2.53. The van der Waals surface area contributed by atoms with E-state index in [1.165, 1.54) is 24.2 Å². The molecule has 2 aromatic heterocycles. The lowest BCUT2D eigenvalue weighted by Gasteiger charge is -2.04. The highest BCUT2D eigenvalue weighted by atomic mass is 35.5. The topological polar surface area (TPSA) is 72.2 Å². The Hall–Kier alpha value is -1.99. The Labute approximate surface area is 147 Å². The smallest absolute Gasteiger partial charge is 0.234 e. The average Bonchev–Trinajstić information content (AvgIpc) is 3.20.